The van der Waals surface area contributed by atoms with Gasteiger partial charge in [-0.3, -0.25) is 10.1 Å². The number of hydrogen-bond acceptors (Lipinski definition) is 7. The number of nitrogens with zero attached hydrogens (tertiary/aromatic N) is 5. The number of methoxy groups -OCH3 is 1. The summed E-state index contributed by atoms with van der Waals surface area (Å²) in [6, 6.07) is 16.3. The van der Waals surface area contributed by atoms with Crippen molar-refractivity contribution in [1.29, 1.82) is 0 Å². The Kier molecular flexibility index (Phi) is 7.57. The molecule has 0 saturated carbocycles. The fourth-order valence-electron chi connectivity index (χ4n) is 4.54. The van der Waals surface area contributed by atoms with Gasteiger partial charge in [-0.05, 0) is 33.5 Å². The number of fused-ring (bicyclic) bond motifs is 1. The van der Waals surface area contributed by atoms with Gasteiger partial charge in [0.1, 0.15) is 11.9 Å². The molecular weight excluding hydrogens is 466 g/mol. The number of nitrogens with one attached hydrogen (secondary N) is 2. The molecule has 182 valence electrons. The van der Waals surface area contributed by atoms with Crippen LogP contribution in [0.15, 0.2) is 48.5 Å². The fourth-order valence-corrected chi connectivity index (χ4v) is 4.54. The SMILES string of the molecule is CCCc1nc2c(n1Cc1ccc(-c3ccccc3-c3nnn[nH]3)cc1)CNC(C(=O)OC)C2.Cl. The molecule has 0 spiro atoms. The average molecular weight is 494 g/mol. The van der Waals surface area contributed by atoms with Gasteiger partial charge < -0.3 is 9.30 Å². The lowest BCUT2D eigenvalue weighted by molar-refractivity contribution is -0.143. The van der Waals surface area contributed by atoms with Gasteiger partial charge in [0.15, 0.2) is 5.82 Å². The van der Waals surface area contributed by atoms with E-state index in [4.69, 9.17) is 9.72 Å². The number of aromatic nitrogens is 6. The Balaban J connectivity index is 0.00000289. The largest absolute Gasteiger partial charge is 0.468 e. The van der Waals surface area contributed by atoms with Crippen LogP contribution in [0.1, 0.15) is 36.1 Å². The molecule has 4 aromatic rings. The minimum absolute atomic E-state index is 0. The van der Waals surface area contributed by atoms with Crippen LogP contribution < -0.4 is 5.32 Å². The summed E-state index contributed by atoms with van der Waals surface area (Å²) < 4.78 is 7.21. The Hall–Kier alpha value is -3.56. The van der Waals surface area contributed by atoms with Crippen molar-refractivity contribution in [2.45, 2.75) is 45.3 Å². The number of rotatable bonds is 7. The van der Waals surface area contributed by atoms with E-state index in [9.17, 15) is 4.79 Å². The summed E-state index contributed by atoms with van der Waals surface area (Å²) in [5.74, 6) is 1.47. The summed E-state index contributed by atoms with van der Waals surface area (Å²) in [6.45, 7) is 3.49. The first-order valence-electron chi connectivity index (χ1n) is 11.5. The van der Waals surface area contributed by atoms with Gasteiger partial charge in [0.05, 0.1) is 18.5 Å². The standard InChI is InChI=1S/C25H27N7O2.ClH/c1-3-6-23-27-20-13-21(25(33)34-2)26-14-22(20)32(23)15-16-9-11-17(12-10-16)18-7-4-5-8-19(18)24-28-30-31-29-24;/h4-5,7-12,21,26H,3,6,13-15H2,1-2H3,(H,28,29,30,31);1H. The van der Waals surface area contributed by atoms with Crippen LogP contribution in [0.2, 0.25) is 0 Å². The van der Waals surface area contributed by atoms with Crippen LogP contribution in [0.4, 0.5) is 0 Å². The first-order valence-corrected chi connectivity index (χ1v) is 11.5. The lowest BCUT2D eigenvalue weighted by Crippen LogP contribution is -2.43. The predicted molar refractivity (Wildman–Crippen MR) is 134 cm³/mol. The van der Waals surface area contributed by atoms with Crippen LogP contribution in [0.3, 0.4) is 0 Å². The first-order chi connectivity index (χ1) is 16.7. The number of carbonyl (C=O) groups excluding carboxylic acids is 1. The predicted octanol–water partition coefficient (Wildman–Crippen LogP) is 3.34. The topological polar surface area (TPSA) is 111 Å². The van der Waals surface area contributed by atoms with Crippen molar-refractivity contribution < 1.29 is 9.53 Å². The van der Waals surface area contributed by atoms with Crippen molar-refractivity contribution in [2.24, 2.45) is 0 Å². The van der Waals surface area contributed by atoms with Crippen molar-refractivity contribution in [3.63, 3.8) is 0 Å². The second-order valence-electron chi connectivity index (χ2n) is 8.41. The molecular formula is C25H28ClN7O2. The summed E-state index contributed by atoms with van der Waals surface area (Å²) >= 11 is 0. The van der Waals surface area contributed by atoms with E-state index in [1.165, 1.54) is 12.7 Å². The molecule has 9 nitrogen and oxygen atoms in total. The number of H-pyrrole nitrogens is 1. The highest BCUT2D eigenvalue weighted by molar-refractivity contribution is 5.85. The molecule has 35 heavy (non-hydrogen) atoms. The molecule has 1 atom stereocenters. The van der Waals surface area contributed by atoms with Crippen molar-refractivity contribution in [2.75, 3.05) is 7.11 Å². The molecule has 1 unspecified atom stereocenters. The molecule has 3 heterocycles. The molecule has 2 N–H and O–H groups in total. The molecule has 2 aromatic carbocycles. The molecule has 0 bridgehead atoms. The quantitative estimate of drug-likeness (QED) is 0.380. The zero-order chi connectivity index (χ0) is 23.5. The molecule has 1 aliphatic heterocycles. The Morgan fingerprint density at radius 3 is 2.60 bits per heavy atom. The molecule has 10 heteroatoms. The second-order valence-corrected chi connectivity index (χ2v) is 8.41. The minimum atomic E-state index is -0.339. The monoisotopic (exact) mass is 493 g/mol. The third-order valence-electron chi connectivity index (χ3n) is 6.24. The van der Waals surface area contributed by atoms with Gasteiger partial charge in [-0.1, -0.05) is 55.5 Å². The van der Waals surface area contributed by atoms with Gasteiger partial charge in [-0.2, -0.15) is 0 Å². The van der Waals surface area contributed by atoms with Gasteiger partial charge in [0.2, 0.25) is 0 Å². The van der Waals surface area contributed by atoms with E-state index in [1.54, 1.807) is 0 Å². The van der Waals surface area contributed by atoms with Gasteiger partial charge >= 0.3 is 5.97 Å². The Bertz CT molecular complexity index is 1290. The summed E-state index contributed by atoms with van der Waals surface area (Å²) in [4.78, 5) is 16.9. The van der Waals surface area contributed by atoms with E-state index in [0.29, 0.717) is 18.8 Å². The van der Waals surface area contributed by atoms with Crippen LogP contribution in [0, 0.1) is 0 Å². The van der Waals surface area contributed by atoms with Crippen LogP contribution in [0.5, 0.6) is 0 Å². The Morgan fingerprint density at radius 1 is 1.14 bits per heavy atom. The fraction of sp³-hybridized carbons (Fsp3) is 0.320. The van der Waals surface area contributed by atoms with Crippen molar-refractivity contribution in [3.05, 3.63) is 71.3 Å². The Morgan fingerprint density at radius 2 is 1.91 bits per heavy atom. The molecule has 0 saturated heterocycles. The third kappa shape index (κ3) is 4.96. The number of imidazole rings is 1. The number of aromatic amines is 1. The van der Waals surface area contributed by atoms with E-state index in [2.05, 4.69) is 67.8 Å². The summed E-state index contributed by atoms with van der Waals surface area (Å²) in [5.41, 5.74) is 6.45. The lowest BCUT2D eigenvalue weighted by Gasteiger charge is -2.22. The number of benzene rings is 2. The first kappa shape index (κ1) is 24.6. The van der Waals surface area contributed by atoms with E-state index in [-0.39, 0.29) is 24.4 Å². The van der Waals surface area contributed by atoms with Crippen LogP contribution in [-0.2, 0) is 35.5 Å². The number of tetrazole rings is 1. The average Bonchev–Trinajstić information content (AvgIpc) is 3.53. The maximum Gasteiger partial charge on any atom is 0.323 e. The zero-order valence-corrected chi connectivity index (χ0v) is 20.5. The minimum Gasteiger partial charge on any atom is -0.468 e. The number of carbonyl (C=O) groups is 1. The number of ether oxygens (including phenoxy) is 1. The molecule has 0 radical (unpaired) electrons. The van der Waals surface area contributed by atoms with Crippen LogP contribution in [-0.4, -0.2) is 49.3 Å². The summed E-state index contributed by atoms with van der Waals surface area (Å²) in [7, 11) is 1.42. The van der Waals surface area contributed by atoms with Gasteiger partial charge in [-0.25, -0.2) is 10.1 Å². The smallest absolute Gasteiger partial charge is 0.323 e. The van der Waals surface area contributed by atoms with Crippen LogP contribution in [0.25, 0.3) is 22.5 Å². The summed E-state index contributed by atoms with van der Waals surface area (Å²) in [5, 5.41) is 17.6. The van der Waals surface area contributed by atoms with Crippen molar-refractivity contribution in [3.8, 4) is 22.5 Å². The van der Waals surface area contributed by atoms with Gasteiger partial charge in [0, 0.05) is 31.5 Å². The molecule has 5 rings (SSSR count). The lowest BCUT2D eigenvalue weighted by atomic mass is 9.98. The highest BCUT2D eigenvalue weighted by Gasteiger charge is 2.29. The maximum absolute atomic E-state index is 12.0. The molecule has 0 aliphatic carbocycles. The van der Waals surface area contributed by atoms with Gasteiger partial charge in [-0.15, -0.1) is 17.5 Å². The molecule has 0 amide bonds. The van der Waals surface area contributed by atoms with Crippen molar-refractivity contribution >= 4 is 18.4 Å². The molecule has 1 aliphatic rings. The number of halogens is 1. The third-order valence-corrected chi connectivity index (χ3v) is 6.24. The summed E-state index contributed by atoms with van der Waals surface area (Å²) in [6.07, 6.45) is 2.46. The number of hydrogen-bond donors (Lipinski definition) is 2. The number of esters is 1. The van der Waals surface area contributed by atoms with Crippen LogP contribution >= 0.6 is 12.4 Å². The highest BCUT2D eigenvalue weighted by atomic mass is 35.5. The zero-order valence-electron chi connectivity index (χ0n) is 19.7. The van der Waals surface area contributed by atoms with E-state index in [1.807, 2.05) is 18.2 Å². The number of aryl methyl sites for hydroxylation is 1. The van der Waals surface area contributed by atoms with E-state index in [0.717, 1.165) is 53.3 Å². The highest BCUT2D eigenvalue weighted by Crippen LogP contribution is 2.30. The van der Waals surface area contributed by atoms with E-state index < -0.39 is 0 Å². The second kappa shape index (κ2) is 10.8. The molecule has 2 aromatic heterocycles. The normalized spacial score (nSPS) is 14.7. The molecule has 0 fully saturated rings. The van der Waals surface area contributed by atoms with E-state index >= 15 is 0 Å². The van der Waals surface area contributed by atoms with Gasteiger partial charge in [0.25, 0.3) is 0 Å². The Labute approximate surface area is 209 Å². The van der Waals surface area contributed by atoms with Crippen molar-refractivity contribution in [1.82, 2.24) is 35.5 Å². The maximum atomic E-state index is 12.0.